The smallest absolute Gasteiger partial charge is 0.254 e. The van der Waals surface area contributed by atoms with Crippen molar-refractivity contribution in [1.82, 2.24) is 24.4 Å². The SMILES string of the molecule is O=C(Cn1cnc(-c2ccccc2)cc1=O)N1CCN(c2cc(-c3ccc(F)cc3)ncn2)CC1. The van der Waals surface area contributed by atoms with E-state index in [1.165, 1.54) is 35.4 Å². The maximum Gasteiger partial charge on any atom is 0.254 e. The highest BCUT2D eigenvalue weighted by Gasteiger charge is 2.23. The molecule has 1 fully saturated rings. The Bertz CT molecular complexity index is 1380. The average Bonchev–Trinajstić information content (AvgIpc) is 2.91. The lowest BCUT2D eigenvalue weighted by Crippen LogP contribution is -2.50. The number of amides is 1. The van der Waals surface area contributed by atoms with Crippen molar-refractivity contribution in [2.75, 3.05) is 31.1 Å². The van der Waals surface area contributed by atoms with E-state index < -0.39 is 0 Å². The number of rotatable bonds is 5. The highest BCUT2D eigenvalue weighted by atomic mass is 19.1. The van der Waals surface area contributed by atoms with E-state index in [0.717, 1.165) is 16.9 Å². The predicted octanol–water partition coefficient (Wildman–Crippen LogP) is 2.86. The lowest BCUT2D eigenvalue weighted by Gasteiger charge is -2.35. The molecule has 35 heavy (non-hydrogen) atoms. The van der Waals surface area contributed by atoms with Crippen LogP contribution in [0, 0.1) is 5.82 Å². The van der Waals surface area contributed by atoms with Crippen molar-refractivity contribution in [2.45, 2.75) is 6.54 Å². The topological polar surface area (TPSA) is 84.2 Å². The van der Waals surface area contributed by atoms with E-state index in [2.05, 4.69) is 19.9 Å². The quantitative estimate of drug-likeness (QED) is 0.446. The molecule has 4 aromatic rings. The molecule has 0 radical (unpaired) electrons. The summed E-state index contributed by atoms with van der Waals surface area (Å²) < 4.78 is 14.6. The van der Waals surface area contributed by atoms with Gasteiger partial charge < -0.3 is 9.80 Å². The zero-order valence-electron chi connectivity index (χ0n) is 18.9. The lowest BCUT2D eigenvalue weighted by molar-refractivity contribution is -0.132. The molecule has 8 nitrogen and oxygen atoms in total. The second-order valence-electron chi connectivity index (χ2n) is 8.24. The van der Waals surface area contributed by atoms with Gasteiger partial charge in [-0.3, -0.25) is 14.2 Å². The van der Waals surface area contributed by atoms with Crippen molar-refractivity contribution in [3.8, 4) is 22.5 Å². The number of halogens is 1. The fourth-order valence-electron chi connectivity index (χ4n) is 4.04. The van der Waals surface area contributed by atoms with E-state index in [-0.39, 0.29) is 23.8 Å². The first kappa shape index (κ1) is 22.4. The summed E-state index contributed by atoms with van der Waals surface area (Å²) in [5, 5.41) is 0. The summed E-state index contributed by atoms with van der Waals surface area (Å²) in [7, 11) is 0. The molecule has 1 aliphatic heterocycles. The number of aromatic nitrogens is 4. The molecule has 1 saturated heterocycles. The fourth-order valence-corrected chi connectivity index (χ4v) is 4.04. The van der Waals surface area contributed by atoms with Crippen molar-refractivity contribution in [1.29, 1.82) is 0 Å². The molecule has 2 aromatic carbocycles. The maximum absolute atomic E-state index is 13.2. The molecule has 176 valence electrons. The monoisotopic (exact) mass is 470 g/mol. The van der Waals surface area contributed by atoms with E-state index in [1.54, 1.807) is 17.0 Å². The summed E-state index contributed by atoms with van der Waals surface area (Å²) in [6.45, 7) is 2.18. The van der Waals surface area contributed by atoms with Crippen LogP contribution in [0.1, 0.15) is 0 Å². The van der Waals surface area contributed by atoms with Crippen LogP contribution in [0.25, 0.3) is 22.5 Å². The molecular formula is C26H23FN6O2. The maximum atomic E-state index is 13.2. The molecule has 0 N–H and O–H groups in total. The molecule has 0 unspecified atom stereocenters. The minimum Gasteiger partial charge on any atom is -0.353 e. The van der Waals surface area contributed by atoms with E-state index in [4.69, 9.17) is 0 Å². The van der Waals surface area contributed by atoms with Gasteiger partial charge in [-0.15, -0.1) is 0 Å². The summed E-state index contributed by atoms with van der Waals surface area (Å²) in [5.74, 6) is 0.327. The fraction of sp³-hybridized carbons (Fsp3) is 0.192. The molecule has 5 rings (SSSR count). The molecule has 3 heterocycles. The third-order valence-electron chi connectivity index (χ3n) is 6.00. The Morgan fingerprint density at radius 1 is 0.829 bits per heavy atom. The Labute approximate surface area is 201 Å². The van der Waals surface area contributed by atoms with Crippen LogP contribution < -0.4 is 10.5 Å². The Morgan fingerprint density at radius 2 is 1.51 bits per heavy atom. The Kier molecular flexibility index (Phi) is 6.30. The normalized spacial score (nSPS) is 13.6. The van der Waals surface area contributed by atoms with E-state index in [9.17, 15) is 14.0 Å². The summed E-state index contributed by atoms with van der Waals surface area (Å²) in [6.07, 6.45) is 2.92. The second kappa shape index (κ2) is 9.84. The van der Waals surface area contributed by atoms with Crippen molar-refractivity contribution in [2.24, 2.45) is 0 Å². The Hall–Kier alpha value is -4.40. The summed E-state index contributed by atoms with van der Waals surface area (Å²) in [5.41, 5.74) is 2.69. The standard InChI is InChI=1S/C26H23FN6O2/c27-21-8-6-20(7-9-21)22-14-24(29-17-28-22)31-10-12-32(13-11-31)26(35)16-33-18-30-23(15-25(33)34)19-4-2-1-3-5-19/h1-9,14-15,17-18H,10-13,16H2. The van der Waals surface area contributed by atoms with Crippen LogP contribution in [0.15, 0.2) is 84.2 Å². The molecule has 1 amide bonds. The van der Waals surface area contributed by atoms with Gasteiger partial charge in [0.1, 0.15) is 24.5 Å². The van der Waals surface area contributed by atoms with Crippen LogP contribution in [0.2, 0.25) is 0 Å². The first-order valence-corrected chi connectivity index (χ1v) is 11.3. The van der Waals surface area contributed by atoms with Gasteiger partial charge in [0, 0.05) is 49.4 Å². The number of nitrogens with zero attached hydrogens (tertiary/aromatic N) is 6. The molecule has 1 aliphatic rings. The predicted molar refractivity (Wildman–Crippen MR) is 130 cm³/mol. The molecule has 0 saturated carbocycles. The van der Waals surface area contributed by atoms with Gasteiger partial charge in [-0.1, -0.05) is 30.3 Å². The van der Waals surface area contributed by atoms with Crippen LogP contribution in [0.5, 0.6) is 0 Å². The molecule has 9 heteroatoms. The van der Waals surface area contributed by atoms with Crippen molar-refractivity contribution < 1.29 is 9.18 Å². The third kappa shape index (κ3) is 5.08. The Morgan fingerprint density at radius 3 is 2.23 bits per heavy atom. The lowest BCUT2D eigenvalue weighted by atomic mass is 10.1. The minimum absolute atomic E-state index is 0.0525. The first-order valence-electron chi connectivity index (χ1n) is 11.3. The van der Waals surface area contributed by atoms with Crippen LogP contribution in [-0.4, -0.2) is 56.5 Å². The number of carbonyl (C=O) groups is 1. The highest BCUT2D eigenvalue weighted by molar-refractivity contribution is 5.76. The number of hydrogen-bond donors (Lipinski definition) is 0. The average molecular weight is 471 g/mol. The van der Waals surface area contributed by atoms with E-state index in [0.29, 0.717) is 37.6 Å². The van der Waals surface area contributed by atoms with Crippen LogP contribution in [-0.2, 0) is 11.3 Å². The zero-order chi connectivity index (χ0) is 24.2. The third-order valence-corrected chi connectivity index (χ3v) is 6.00. The van der Waals surface area contributed by atoms with Gasteiger partial charge in [0.25, 0.3) is 5.56 Å². The van der Waals surface area contributed by atoms with Crippen LogP contribution in [0.4, 0.5) is 10.2 Å². The Balaban J connectivity index is 1.21. The molecule has 0 atom stereocenters. The van der Waals surface area contributed by atoms with Gasteiger partial charge in [-0.25, -0.2) is 19.3 Å². The highest BCUT2D eigenvalue weighted by Crippen LogP contribution is 2.22. The molecule has 0 aliphatic carbocycles. The van der Waals surface area contributed by atoms with E-state index in [1.807, 2.05) is 36.4 Å². The first-order chi connectivity index (χ1) is 17.1. The van der Waals surface area contributed by atoms with Gasteiger partial charge in [0.15, 0.2) is 0 Å². The van der Waals surface area contributed by atoms with Gasteiger partial charge >= 0.3 is 0 Å². The number of anilines is 1. The number of carbonyl (C=O) groups excluding carboxylic acids is 1. The molecule has 0 spiro atoms. The number of piperazine rings is 1. The van der Waals surface area contributed by atoms with Gasteiger partial charge in [-0.05, 0) is 24.3 Å². The van der Waals surface area contributed by atoms with Crippen LogP contribution >= 0.6 is 0 Å². The van der Waals surface area contributed by atoms with Crippen molar-refractivity contribution in [3.63, 3.8) is 0 Å². The zero-order valence-corrected chi connectivity index (χ0v) is 18.9. The summed E-state index contributed by atoms with van der Waals surface area (Å²) >= 11 is 0. The van der Waals surface area contributed by atoms with Crippen molar-refractivity contribution in [3.05, 3.63) is 95.6 Å². The van der Waals surface area contributed by atoms with Crippen molar-refractivity contribution >= 4 is 11.7 Å². The van der Waals surface area contributed by atoms with Crippen LogP contribution in [0.3, 0.4) is 0 Å². The summed E-state index contributed by atoms with van der Waals surface area (Å²) in [6, 6.07) is 18.9. The van der Waals surface area contributed by atoms with Gasteiger partial charge in [-0.2, -0.15) is 0 Å². The molecular weight excluding hydrogens is 447 g/mol. The minimum atomic E-state index is -0.297. The number of benzene rings is 2. The summed E-state index contributed by atoms with van der Waals surface area (Å²) in [4.78, 5) is 42.2. The van der Waals surface area contributed by atoms with E-state index >= 15 is 0 Å². The molecule has 2 aromatic heterocycles. The second-order valence-corrected chi connectivity index (χ2v) is 8.24. The van der Waals surface area contributed by atoms with Gasteiger partial charge in [0.2, 0.25) is 5.91 Å². The largest absolute Gasteiger partial charge is 0.353 e. The van der Waals surface area contributed by atoms with Gasteiger partial charge in [0.05, 0.1) is 17.7 Å². The number of hydrogen-bond acceptors (Lipinski definition) is 6. The molecule has 0 bridgehead atoms.